The second-order valence-corrected chi connectivity index (χ2v) is 5.95. The van der Waals surface area contributed by atoms with Gasteiger partial charge < -0.3 is 9.84 Å². The van der Waals surface area contributed by atoms with Gasteiger partial charge in [0.1, 0.15) is 5.75 Å². The smallest absolute Gasteiger partial charge is 0.255 e. The molecule has 0 amide bonds. The average Bonchev–Trinajstić information content (AvgIpc) is 2.63. The maximum Gasteiger partial charge on any atom is 0.255 e. The quantitative estimate of drug-likeness (QED) is 0.344. The molecule has 0 saturated heterocycles. The lowest BCUT2D eigenvalue weighted by molar-refractivity contribution is 0.298. The van der Waals surface area contributed by atoms with Gasteiger partial charge in [-0.25, -0.2) is 10.4 Å². The summed E-state index contributed by atoms with van der Waals surface area (Å²) >= 11 is 0. The SMILES string of the molecule is CCCCCOc1ccc(/C=N\Nc2nc(C)c(CCO)c(=O)[nH]2)cc1. The molecule has 0 bridgehead atoms. The van der Waals surface area contributed by atoms with Crippen molar-refractivity contribution in [1.82, 2.24) is 9.97 Å². The number of anilines is 1. The highest BCUT2D eigenvalue weighted by Crippen LogP contribution is 2.12. The van der Waals surface area contributed by atoms with E-state index in [4.69, 9.17) is 9.84 Å². The summed E-state index contributed by atoms with van der Waals surface area (Å²) in [5.41, 5.74) is 4.40. The molecule has 7 heteroatoms. The number of rotatable bonds is 10. The summed E-state index contributed by atoms with van der Waals surface area (Å²) in [7, 11) is 0. The molecule has 140 valence electrons. The minimum Gasteiger partial charge on any atom is -0.494 e. The van der Waals surface area contributed by atoms with Gasteiger partial charge in [0.15, 0.2) is 0 Å². The van der Waals surface area contributed by atoms with Crippen molar-refractivity contribution < 1.29 is 9.84 Å². The van der Waals surface area contributed by atoms with Crippen LogP contribution < -0.4 is 15.7 Å². The molecular weight excluding hydrogens is 332 g/mol. The van der Waals surface area contributed by atoms with E-state index >= 15 is 0 Å². The van der Waals surface area contributed by atoms with Crippen LogP contribution in [0.3, 0.4) is 0 Å². The molecule has 0 spiro atoms. The standard InChI is InChI=1S/C19H26N4O3/c1-3-4-5-12-26-16-8-6-15(7-9-16)13-20-23-19-21-14(2)17(10-11-24)18(25)22-19/h6-9,13,24H,3-5,10-12H2,1-2H3,(H2,21,22,23,25)/b20-13-. The van der Waals surface area contributed by atoms with Crippen LogP contribution in [-0.2, 0) is 6.42 Å². The number of aromatic nitrogens is 2. The van der Waals surface area contributed by atoms with Gasteiger partial charge in [-0.3, -0.25) is 9.78 Å². The van der Waals surface area contributed by atoms with Crippen LogP contribution in [0.15, 0.2) is 34.2 Å². The van der Waals surface area contributed by atoms with E-state index in [9.17, 15) is 4.79 Å². The van der Waals surface area contributed by atoms with Gasteiger partial charge in [-0.05, 0) is 43.2 Å². The lowest BCUT2D eigenvalue weighted by Gasteiger charge is -2.06. The molecule has 0 atom stereocenters. The van der Waals surface area contributed by atoms with Gasteiger partial charge in [0.05, 0.1) is 18.5 Å². The first-order valence-corrected chi connectivity index (χ1v) is 8.86. The van der Waals surface area contributed by atoms with Crippen molar-refractivity contribution in [3.05, 3.63) is 51.4 Å². The molecule has 7 nitrogen and oxygen atoms in total. The number of aliphatic hydroxyl groups excluding tert-OH is 1. The summed E-state index contributed by atoms with van der Waals surface area (Å²) in [6.07, 6.45) is 5.33. The van der Waals surface area contributed by atoms with Crippen molar-refractivity contribution in [2.24, 2.45) is 5.10 Å². The minimum absolute atomic E-state index is 0.0885. The molecule has 2 rings (SSSR count). The van der Waals surface area contributed by atoms with Gasteiger partial charge in [-0.1, -0.05) is 19.8 Å². The fourth-order valence-corrected chi connectivity index (χ4v) is 2.43. The molecule has 0 aliphatic heterocycles. The van der Waals surface area contributed by atoms with Gasteiger partial charge in [0.25, 0.3) is 5.56 Å². The van der Waals surface area contributed by atoms with Crippen LogP contribution in [0.25, 0.3) is 0 Å². The zero-order valence-electron chi connectivity index (χ0n) is 15.3. The van der Waals surface area contributed by atoms with Crippen LogP contribution >= 0.6 is 0 Å². The summed E-state index contributed by atoms with van der Waals surface area (Å²) in [6.45, 7) is 4.54. The summed E-state index contributed by atoms with van der Waals surface area (Å²) in [5.74, 6) is 1.11. The summed E-state index contributed by atoms with van der Waals surface area (Å²) in [6, 6.07) is 7.63. The lowest BCUT2D eigenvalue weighted by Crippen LogP contribution is -2.19. The highest BCUT2D eigenvalue weighted by Gasteiger charge is 2.06. The van der Waals surface area contributed by atoms with Gasteiger partial charge in [0, 0.05) is 18.6 Å². The molecule has 0 aliphatic rings. The van der Waals surface area contributed by atoms with E-state index < -0.39 is 0 Å². The largest absolute Gasteiger partial charge is 0.494 e. The summed E-state index contributed by atoms with van der Waals surface area (Å²) in [4.78, 5) is 18.8. The lowest BCUT2D eigenvalue weighted by atomic mass is 10.2. The molecule has 0 radical (unpaired) electrons. The molecule has 0 fully saturated rings. The number of aliphatic hydroxyl groups is 1. The molecular formula is C19H26N4O3. The number of benzene rings is 1. The van der Waals surface area contributed by atoms with Crippen molar-refractivity contribution in [3.8, 4) is 5.75 Å². The van der Waals surface area contributed by atoms with Gasteiger partial charge in [-0.15, -0.1) is 0 Å². The zero-order valence-corrected chi connectivity index (χ0v) is 15.3. The number of unbranched alkanes of at least 4 members (excludes halogenated alkanes) is 2. The molecule has 1 aromatic heterocycles. The van der Waals surface area contributed by atoms with Gasteiger partial charge in [-0.2, -0.15) is 5.10 Å². The molecule has 2 aromatic rings. The Hall–Kier alpha value is -2.67. The van der Waals surface area contributed by atoms with E-state index in [-0.39, 0.29) is 24.5 Å². The average molecular weight is 358 g/mol. The predicted octanol–water partition coefficient (Wildman–Crippen LogP) is 2.63. The van der Waals surface area contributed by atoms with Crippen molar-refractivity contribution in [2.45, 2.75) is 39.5 Å². The van der Waals surface area contributed by atoms with Crippen LogP contribution in [0, 0.1) is 6.92 Å². The van der Waals surface area contributed by atoms with Crippen LogP contribution in [0.1, 0.15) is 43.0 Å². The molecule has 0 unspecified atom stereocenters. The highest BCUT2D eigenvalue weighted by molar-refractivity contribution is 5.80. The second-order valence-electron chi connectivity index (χ2n) is 5.95. The van der Waals surface area contributed by atoms with E-state index in [0.717, 1.165) is 24.3 Å². The molecule has 1 heterocycles. The van der Waals surface area contributed by atoms with E-state index in [1.165, 1.54) is 12.8 Å². The third kappa shape index (κ3) is 6.00. The van der Waals surface area contributed by atoms with Crippen molar-refractivity contribution in [1.29, 1.82) is 0 Å². The number of hydrazone groups is 1. The van der Waals surface area contributed by atoms with Gasteiger partial charge >= 0.3 is 0 Å². The van der Waals surface area contributed by atoms with E-state index in [1.54, 1.807) is 13.1 Å². The van der Waals surface area contributed by atoms with Gasteiger partial charge in [0.2, 0.25) is 5.95 Å². The molecule has 0 aliphatic carbocycles. The number of hydrogen-bond acceptors (Lipinski definition) is 6. The predicted molar refractivity (Wildman–Crippen MR) is 103 cm³/mol. The number of aryl methyl sites for hydroxylation is 1. The van der Waals surface area contributed by atoms with E-state index in [1.807, 2.05) is 24.3 Å². The normalized spacial score (nSPS) is 11.0. The van der Waals surface area contributed by atoms with E-state index in [2.05, 4.69) is 27.4 Å². The number of H-pyrrole nitrogens is 1. The van der Waals surface area contributed by atoms with Crippen LogP contribution in [0.5, 0.6) is 5.75 Å². The first-order valence-electron chi connectivity index (χ1n) is 8.86. The molecule has 3 N–H and O–H groups in total. The minimum atomic E-state index is -0.270. The number of hydrogen-bond donors (Lipinski definition) is 3. The zero-order chi connectivity index (χ0) is 18.8. The Bertz CT molecular complexity index is 769. The third-order valence-corrected chi connectivity index (χ3v) is 3.86. The molecule has 26 heavy (non-hydrogen) atoms. The third-order valence-electron chi connectivity index (χ3n) is 3.86. The monoisotopic (exact) mass is 358 g/mol. The summed E-state index contributed by atoms with van der Waals surface area (Å²) < 4.78 is 5.67. The molecule has 0 saturated carbocycles. The van der Waals surface area contributed by atoms with Crippen molar-refractivity contribution >= 4 is 12.2 Å². The van der Waals surface area contributed by atoms with Crippen LogP contribution in [-0.4, -0.2) is 34.5 Å². The number of nitrogens with one attached hydrogen (secondary N) is 2. The number of aromatic amines is 1. The second kappa shape index (κ2) is 10.4. The molecule has 1 aromatic carbocycles. The highest BCUT2D eigenvalue weighted by atomic mass is 16.5. The number of nitrogens with zero attached hydrogens (tertiary/aromatic N) is 2. The Morgan fingerprint density at radius 2 is 2.08 bits per heavy atom. The topological polar surface area (TPSA) is 99.6 Å². The fourth-order valence-electron chi connectivity index (χ4n) is 2.43. The Balaban J connectivity index is 1.91. The van der Waals surface area contributed by atoms with E-state index in [0.29, 0.717) is 11.3 Å². The first-order chi connectivity index (χ1) is 12.6. The fraction of sp³-hybridized carbons (Fsp3) is 0.421. The Morgan fingerprint density at radius 3 is 2.73 bits per heavy atom. The Kier molecular flexibility index (Phi) is 7.82. The van der Waals surface area contributed by atoms with Crippen LogP contribution in [0.2, 0.25) is 0 Å². The maximum atomic E-state index is 11.9. The first kappa shape index (κ1) is 19.7. The van der Waals surface area contributed by atoms with Crippen molar-refractivity contribution in [3.63, 3.8) is 0 Å². The Labute approximate surface area is 153 Å². The van der Waals surface area contributed by atoms with Crippen molar-refractivity contribution in [2.75, 3.05) is 18.6 Å². The van der Waals surface area contributed by atoms with Crippen LogP contribution in [0.4, 0.5) is 5.95 Å². The summed E-state index contributed by atoms with van der Waals surface area (Å²) in [5, 5.41) is 13.1. The Morgan fingerprint density at radius 1 is 1.31 bits per heavy atom. The maximum absolute atomic E-state index is 11.9. The number of ether oxygens (including phenoxy) is 1.